The quantitative estimate of drug-likeness (QED) is 0.727. The molecule has 0 aromatic heterocycles. The third-order valence-electron chi connectivity index (χ3n) is 4.49. The van der Waals surface area contributed by atoms with Crippen molar-refractivity contribution < 1.29 is 13.2 Å². The molecule has 0 saturated carbocycles. The zero-order valence-corrected chi connectivity index (χ0v) is 17.1. The molecule has 5 nitrogen and oxygen atoms in total. The summed E-state index contributed by atoms with van der Waals surface area (Å²) in [6, 6.07) is 16.2. The van der Waals surface area contributed by atoms with E-state index >= 15 is 0 Å². The summed E-state index contributed by atoms with van der Waals surface area (Å²) in [7, 11) is -3.59. The van der Waals surface area contributed by atoms with Gasteiger partial charge in [-0.1, -0.05) is 57.2 Å². The van der Waals surface area contributed by atoms with Gasteiger partial charge in [-0.2, -0.15) is 0 Å². The number of sulfonamides is 1. The number of nitrogens with one attached hydrogen (secondary N) is 2. The minimum Gasteiger partial charge on any atom is -0.350 e. The van der Waals surface area contributed by atoms with Crippen LogP contribution in [0.25, 0.3) is 0 Å². The molecule has 0 bridgehead atoms. The van der Waals surface area contributed by atoms with Crippen LogP contribution in [0.15, 0.2) is 59.5 Å². The van der Waals surface area contributed by atoms with Crippen molar-refractivity contribution in [1.29, 1.82) is 0 Å². The minimum atomic E-state index is -3.59. The third-order valence-corrected chi connectivity index (χ3v) is 6.03. The lowest BCUT2D eigenvalue weighted by Crippen LogP contribution is -2.37. The van der Waals surface area contributed by atoms with Crippen molar-refractivity contribution in [3.05, 3.63) is 65.7 Å². The van der Waals surface area contributed by atoms with E-state index in [4.69, 9.17) is 0 Å². The van der Waals surface area contributed by atoms with Gasteiger partial charge < -0.3 is 5.32 Å². The van der Waals surface area contributed by atoms with Crippen molar-refractivity contribution >= 4 is 15.9 Å². The van der Waals surface area contributed by atoms with Gasteiger partial charge in [0, 0.05) is 18.2 Å². The maximum atomic E-state index is 12.6. The Bertz CT molecular complexity index is 877. The van der Waals surface area contributed by atoms with Crippen molar-refractivity contribution in [3.8, 4) is 0 Å². The van der Waals surface area contributed by atoms with Gasteiger partial charge in [0.05, 0.1) is 4.90 Å². The van der Waals surface area contributed by atoms with Gasteiger partial charge in [0.1, 0.15) is 0 Å². The lowest BCUT2D eigenvalue weighted by Gasteiger charge is -2.29. The number of benzene rings is 2. The van der Waals surface area contributed by atoms with Gasteiger partial charge in [0.2, 0.25) is 10.0 Å². The first kappa shape index (κ1) is 21.1. The van der Waals surface area contributed by atoms with E-state index in [9.17, 15) is 13.2 Å². The summed E-state index contributed by atoms with van der Waals surface area (Å²) < 4.78 is 26.7. The van der Waals surface area contributed by atoms with Gasteiger partial charge in [-0.25, -0.2) is 13.1 Å². The normalized spacial score (nSPS) is 13.2. The smallest absolute Gasteiger partial charge is 0.251 e. The number of hydrogen-bond acceptors (Lipinski definition) is 3. The summed E-state index contributed by atoms with van der Waals surface area (Å²) in [5.74, 6) is -0.278. The summed E-state index contributed by atoms with van der Waals surface area (Å²) in [5.41, 5.74) is 1.45. The average molecular weight is 389 g/mol. The van der Waals surface area contributed by atoms with E-state index in [1.54, 1.807) is 19.1 Å². The van der Waals surface area contributed by atoms with Crippen LogP contribution in [0.3, 0.4) is 0 Å². The summed E-state index contributed by atoms with van der Waals surface area (Å²) in [6.07, 6.45) is 0.762. The molecule has 2 aromatic rings. The molecule has 2 N–H and O–H groups in total. The van der Waals surface area contributed by atoms with E-state index in [0.717, 1.165) is 6.42 Å². The predicted octanol–water partition coefficient (Wildman–Crippen LogP) is 3.47. The maximum Gasteiger partial charge on any atom is 0.251 e. The van der Waals surface area contributed by atoms with Crippen LogP contribution < -0.4 is 10.0 Å². The molecular weight excluding hydrogens is 360 g/mol. The molecule has 2 aromatic carbocycles. The van der Waals surface area contributed by atoms with Crippen molar-refractivity contribution in [2.24, 2.45) is 0 Å². The fourth-order valence-electron chi connectivity index (χ4n) is 3.21. The molecule has 0 aliphatic carbocycles. The fraction of sp³-hybridized carbons (Fsp3) is 0.381. The molecule has 1 unspecified atom stereocenters. The Morgan fingerprint density at radius 2 is 1.74 bits per heavy atom. The Balaban J connectivity index is 2.09. The molecule has 146 valence electrons. The number of hydrogen-bond donors (Lipinski definition) is 2. The molecular formula is C21H28N2O3S. The van der Waals surface area contributed by atoms with E-state index in [2.05, 4.69) is 36.0 Å². The lowest BCUT2D eigenvalue weighted by atomic mass is 9.79. The third kappa shape index (κ3) is 5.65. The van der Waals surface area contributed by atoms with Gasteiger partial charge in [0.15, 0.2) is 0 Å². The van der Waals surface area contributed by atoms with E-state index in [0.29, 0.717) is 12.1 Å². The first-order valence-corrected chi connectivity index (χ1v) is 10.6. The molecule has 27 heavy (non-hydrogen) atoms. The Kier molecular flexibility index (Phi) is 6.78. The highest BCUT2D eigenvalue weighted by Gasteiger charge is 2.24. The van der Waals surface area contributed by atoms with E-state index in [1.807, 2.05) is 25.1 Å². The number of carbonyl (C=O) groups excluding carboxylic acids is 1. The predicted molar refractivity (Wildman–Crippen MR) is 108 cm³/mol. The number of rotatable bonds is 8. The van der Waals surface area contributed by atoms with Crippen LogP contribution >= 0.6 is 0 Å². The van der Waals surface area contributed by atoms with Crippen molar-refractivity contribution in [2.45, 2.75) is 50.5 Å². The largest absolute Gasteiger partial charge is 0.350 e. The fourth-order valence-corrected chi connectivity index (χ4v) is 4.30. The molecule has 0 fully saturated rings. The van der Waals surface area contributed by atoms with Crippen molar-refractivity contribution in [1.82, 2.24) is 10.0 Å². The summed E-state index contributed by atoms with van der Waals surface area (Å²) in [5, 5.41) is 2.98. The second-order valence-electron chi connectivity index (χ2n) is 7.36. The van der Waals surface area contributed by atoms with Gasteiger partial charge >= 0.3 is 0 Å². The van der Waals surface area contributed by atoms with E-state index in [1.165, 1.54) is 17.7 Å². The Morgan fingerprint density at radius 3 is 2.37 bits per heavy atom. The molecule has 1 atom stereocenters. The topological polar surface area (TPSA) is 75.3 Å². The maximum absolute atomic E-state index is 12.6. The molecule has 0 heterocycles. The highest BCUT2D eigenvalue weighted by Crippen LogP contribution is 2.28. The second kappa shape index (κ2) is 8.67. The Morgan fingerprint density at radius 1 is 1.07 bits per heavy atom. The molecule has 1 amide bonds. The van der Waals surface area contributed by atoms with Crippen LogP contribution in [0.4, 0.5) is 0 Å². The number of carbonyl (C=O) groups is 1. The highest BCUT2D eigenvalue weighted by atomic mass is 32.2. The zero-order valence-electron chi connectivity index (χ0n) is 16.3. The van der Waals surface area contributed by atoms with Crippen molar-refractivity contribution in [3.63, 3.8) is 0 Å². The first-order valence-electron chi connectivity index (χ1n) is 9.12. The van der Waals surface area contributed by atoms with Gasteiger partial charge in [-0.05, 0) is 42.5 Å². The molecule has 0 aliphatic rings. The van der Waals surface area contributed by atoms with Crippen LogP contribution in [0, 0.1) is 0 Å². The van der Waals surface area contributed by atoms with Gasteiger partial charge in [0.25, 0.3) is 5.91 Å². The molecule has 0 saturated heterocycles. The minimum absolute atomic E-state index is 0.0678. The monoisotopic (exact) mass is 388 g/mol. The Hall–Kier alpha value is -2.18. The molecule has 0 spiro atoms. The second-order valence-corrected chi connectivity index (χ2v) is 9.12. The van der Waals surface area contributed by atoms with Crippen LogP contribution in [-0.4, -0.2) is 26.9 Å². The SMILES string of the molecule is CCNS(=O)(=O)c1cccc(C(=O)NC(C)CC(C)(C)c2ccccc2)c1. The molecule has 0 aliphatic heterocycles. The van der Waals surface area contributed by atoms with Gasteiger partial charge in [-0.3, -0.25) is 4.79 Å². The van der Waals surface area contributed by atoms with E-state index < -0.39 is 10.0 Å². The summed E-state index contributed by atoms with van der Waals surface area (Å²) >= 11 is 0. The van der Waals surface area contributed by atoms with Crippen LogP contribution in [-0.2, 0) is 15.4 Å². The molecule has 0 radical (unpaired) electrons. The van der Waals surface area contributed by atoms with Crippen LogP contribution in [0.2, 0.25) is 0 Å². The summed E-state index contributed by atoms with van der Waals surface area (Å²) in [6.45, 7) is 8.26. The van der Waals surface area contributed by atoms with E-state index in [-0.39, 0.29) is 22.3 Å². The van der Waals surface area contributed by atoms with Crippen LogP contribution in [0.1, 0.15) is 50.0 Å². The number of amides is 1. The van der Waals surface area contributed by atoms with Crippen molar-refractivity contribution in [2.75, 3.05) is 6.54 Å². The van der Waals surface area contributed by atoms with Gasteiger partial charge in [-0.15, -0.1) is 0 Å². The molecule has 6 heteroatoms. The molecule has 2 rings (SSSR count). The van der Waals surface area contributed by atoms with Crippen LogP contribution in [0.5, 0.6) is 0 Å². The standard InChI is InChI=1S/C21H28N2O3S/c1-5-22-27(25,26)19-13-9-10-17(14-19)20(24)23-16(2)15-21(3,4)18-11-7-6-8-12-18/h6-14,16,22H,5,15H2,1-4H3,(H,23,24). The highest BCUT2D eigenvalue weighted by molar-refractivity contribution is 7.89. The zero-order chi connectivity index (χ0) is 20.1. The Labute approximate surface area is 162 Å². The lowest BCUT2D eigenvalue weighted by molar-refractivity contribution is 0.0934. The average Bonchev–Trinajstić information content (AvgIpc) is 2.62. The first-order chi connectivity index (χ1) is 12.7. The summed E-state index contributed by atoms with van der Waals surface area (Å²) in [4.78, 5) is 12.7.